The smallest absolute Gasteiger partial charge is 0.337 e. The number of hydrogen-bond acceptors (Lipinski definition) is 6. The maximum Gasteiger partial charge on any atom is 0.337 e. The fraction of sp³-hybridized carbons (Fsp3) is 0.483. The highest BCUT2D eigenvalue weighted by molar-refractivity contribution is 7.89. The molecule has 1 aliphatic carbocycles. The molecule has 0 N–H and O–H groups in total. The lowest BCUT2D eigenvalue weighted by Gasteiger charge is -2.35. The van der Waals surface area contributed by atoms with Crippen molar-refractivity contribution in [3.8, 4) is 0 Å². The van der Waals surface area contributed by atoms with Crippen LogP contribution < -0.4 is 4.90 Å². The Bertz CT molecular complexity index is 1330. The lowest BCUT2D eigenvalue weighted by Crippen LogP contribution is -2.51. The molecule has 2 aromatic carbocycles. The molecule has 1 unspecified atom stereocenters. The number of anilines is 1. The highest BCUT2D eigenvalue weighted by atomic mass is 32.2. The zero-order valence-electron chi connectivity index (χ0n) is 22.7. The van der Waals surface area contributed by atoms with Crippen LogP contribution in [-0.2, 0) is 24.3 Å². The van der Waals surface area contributed by atoms with Crippen LogP contribution in [-0.4, -0.2) is 49.7 Å². The highest BCUT2D eigenvalue weighted by Crippen LogP contribution is 2.37. The van der Waals surface area contributed by atoms with Gasteiger partial charge in [0.15, 0.2) is 0 Å². The molecule has 8 nitrogen and oxygen atoms in total. The summed E-state index contributed by atoms with van der Waals surface area (Å²) in [5.74, 6) is -1.56. The standard InChI is InChI=1S/C29H36N2O6S/c1-18-16-19(2)21(4)27(20(18)3)38(35,36)31(24-10-8-6-7-9-11-24)25-17-26(32)30(28(25)33)23-14-12-22(13-15-23)29(34)37-5/h12-16,24-25H,6-11,17H2,1-5H3. The first-order chi connectivity index (χ1) is 18.0. The molecule has 1 heterocycles. The predicted octanol–water partition coefficient (Wildman–Crippen LogP) is 4.75. The molecule has 2 aliphatic rings. The summed E-state index contributed by atoms with van der Waals surface area (Å²) in [6.45, 7) is 7.38. The average Bonchev–Trinajstić information content (AvgIpc) is 3.03. The van der Waals surface area contributed by atoms with Gasteiger partial charge in [0.2, 0.25) is 15.9 Å². The third kappa shape index (κ3) is 5.01. The number of hydrogen-bond donors (Lipinski definition) is 0. The van der Waals surface area contributed by atoms with Crippen molar-refractivity contribution in [2.45, 2.75) is 89.6 Å². The summed E-state index contributed by atoms with van der Waals surface area (Å²) in [6.07, 6.45) is 4.84. The molecule has 0 bridgehead atoms. The predicted molar refractivity (Wildman–Crippen MR) is 145 cm³/mol. The van der Waals surface area contributed by atoms with Crippen molar-refractivity contribution in [1.82, 2.24) is 4.31 Å². The van der Waals surface area contributed by atoms with Crippen LogP contribution >= 0.6 is 0 Å². The molecular weight excluding hydrogens is 504 g/mol. The van der Waals surface area contributed by atoms with Gasteiger partial charge < -0.3 is 4.74 Å². The number of nitrogens with zero attached hydrogens (tertiary/aromatic N) is 2. The van der Waals surface area contributed by atoms with Crippen LogP contribution in [0.3, 0.4) is 0 Å². The second-order valence-electron chi connectivity index (χ2n) is 10.4. The molecule has 0 spiro atoms. The molecule has 4 rings (SSSR count). The Morgan fingerprint density at radius 2 is 1.47 bits per heavy atom. The largest absolute Gasteiger partial charge is 0.465 e. The van der Waals surface area contributed by atoms with Gasteiger partial charge in [0.05, 0.1) is 29.7 Å². The van der Waals surface area contributed by atoms with Crippen molar-refractivity contribution < 1.29 is 27.5 Å². The fourth-order valence-electron chi connectivity index (χ4n) is 5.75. The number of aryl methyl sites for hydroxylation is 2. The lowest BCUT2D eigenvalue weighted by molar-refractivity contribution is -0.122. The third-order valence-electron chi connectivity index (χ3n) is 7.99. The summed E-state index contributed by atoms with van der Waals surface area (Å²) in [5.41, 5.74) is 3.65. The van der Waals surface area contributed by atoms with Crippen molar-refractivity contribution >= 4 is 33.5 Å². The van der Waals surface area contributed by atoms with Crippen LogP contribution in [0, 0.1) is 27.7 Å². The first-order valence-electron chi connectivity index (χ1n) is 13.1. The van der Waals surface area contributed by atoms with E-state index in [0.29, 0.717) is 29.7 Å². The van der Waals surface area contributed by atoms with Crippen molar-refractivity contribution in [2.75, 3.05) is 12.0 Å². The van der Waals surface area contributed by atoms with E-state index in [1.165, 1.54) is 35.7 Å². The maximum atomic E-state index is 14.5. The number of carbonyl (C=O) groups is 3. The number of methoxy groups -OCH3 is 1. The van der Waals surface area contributed by atoms with E-state index in [1.54, 1.807) is 13.8 Å². The van der Waals surface area contributed by atoms with Gasteiger partial charge in [-0.1, -0.05) is 31.7 Å². The van der Waals surface area contributed by atoms with E-state index in [1.807, 2.05) is 19.9 Å². The number of ether oxygens (including phenoxy) is 1. The Morgan fingerprint density at radius 1 is 0.921 bits per heavy atom. The van der Waals surface area contributed by atoms with Crippen molar-refractivity contribution in [3.05, 3.63) is 58.1 Å². The summed E-state index contributed by atoms with van der Waals surface area (Å²) in [7, 11) is -2.84. The van der Waals surface area contributed by atoms with Crippen LogP contribution in [0.5, 0.6) is 0 Å². The van der Waals surface area contributed by atoms with E-state index in [4.69, 9.17) is 4.74 Å². The molecule has 2 aromatic rings. The Hall–Kier alpha value is -3.04. The van der Waals surface area contributed by atoms with E-state index in [-0.39, 0.29) is 22.9 Å². The Kier molecular flexibility index (Phi) is 8.09. The quantitative estimate of drug-likeness (QED) is 0.298. The molecule has 1 atom stereocenters. The minimum absolute atomic E-state index is 0.226. The average molecular weight is 541 g/mol. The minimum Gasteiger partial charge on any atom is -0.465 e. The van der Waals surface area contributed by atoms with Gasteiger partial charge in [-0.3, -0.25) is 9.59 Å². The molecule has 1 saturated carbocycles. The Morgan fingerprint density at radius 3 is 2.00 bits per heavy atom. The van der Waals surface area contributed by atoms with Gasteiger partial charge in [0.25, 0.3) is 5.91 Å². The molecular formula is C29H36N2O6S. The lowest BCUT2D eigenvalue weighted by atomic mass is 10.0. The summed E-state index contributed by atoms with van der Waals surface area (Å²) in [6, 6.07) is 6.46. The molecule has 2 fully saturated rings. The fourth-order valence-corrected chi connectivity index (χ4v) is 8.16. The van der Waals surface area contributed by atoms with E-state index >= 15 is 0 Å². The van der Waals surface area contributed by atoms with Gasteiger partial charge in [-0.25, -0.2) is 18.1 Å². The minimum atomic E-state index is -4.12. The Labute approximate surface area is 225 Å². The van der Waals surface area contributed by atoms with E-state index in [9.17, 15) is 22.8 Å². The van der Waals surface area contributed by atoms with Crippen molar-refractivity contribution in [1.29, 1.82) is 0 Å². The molecule has 1 aliphatic heterocycles. The van der Waals surface area contributed by atoms with Crippen LogP contribution in [0.25, 0.3) is 0 Å². The molecule has 9 heteroatoms. The van der Waals surface area contributed by atoms with E-state index in [2.05, 4.69) is 0 Å². The number of carbonyl (C=O) groups excluding carboxylic acids is 3. The summed E-state index contributed by atoms with van der Waals surface area (Å²) < 4.78 is 35.1. The van der Waals surface area contributed by atoms with Gasteiger partial charge in [0.1, 0.15) is 6.04 Å². The number of amides is 2. The number of esters is 1. The normalized spacial score (nSPS) is 19.2. The van der Waals surface area contributed by atoms with Crippen LogP contribution in [0.1, 0.15) is 77.6 Å². The highest BCUT2D eigenvalue weighted by Gasteiger charge is 2.50. The van der Waals surface area contributed by atoms with Gasteiger partial charge in [-0.15, -0.1) is 0 Å². The molecule has 204 valence electrons. The van der Waals surface area contributed by atoms with E-state index in [0.717, 1.165) is 41.7 Å². The maximum absolute atomic E-state index is 14.5. The molecule has 2 amide bonds. The number of rotatable bonds is 6. The number of imide groups is 1. The van der Waals surface area contributed by atoms with Gasteiger partial charge in [-0.05, 0) is 87.1 Å². The van der Waals surface area contributed by atoms with Crippen LogP contribution in [0.15, 0.2) is 35.2 Å². The SMILES string of the molecule is COC(=O)c1ccc(N2C(=O)CC(N(C3CCCCCC3)S(=O)(=O)c3c(C)c(C)cc(C)c3C)C2=O)cc1. The second kappa shape index (κ2) is 11.0. The second-order valence-corrected chi connectivity index (χ2v) is 12.2. The first kappa shape index (κ1) is 28.0. The monoisotopic (exact) mass is 540 g/mol. The zero-order chi connectivity index (χ0) is 27.8. The third-order valence-corrected chi connectivity index (χ3v) is 10.2. The summed E-state index contributed by atoms with van der Waals surface area (Å²) in [4.78, 5) is 40.2. The van der Waals surface area contributed by atoms with Crippen molar-refractivity contribution in [3.63, 3.8) is 0 Å². The Balaban J connectivity index is 1.79. The number of benzene rings is 2. The topological polar surface area (TPSA) is 101 Å². The van der Waals surface area contributed by atoms with E-state index < -0.39 is 33.8 Å². The molecule has 38 heavy (non-hydrogen) atoms. The van der Waals surface area contributed by atoms with Crippen LogP contribution in [0.4, 0.5) is 5.69 Å². The summed E-state index contributed by atoms with van der Waals surface area (Å²) in [5, 5.41) is 0. The molecule has 0 aromatic heterocycles. The van der Waals surface area contributed by atoms with Gasteiger partial charge >= 0.3 is 5.97 Å². The molecule has 0 radical (unpaired) electrons. The number of sulfonamides is 1. The van der Waals surface area contributed by atoms with Crippen molar-refractivity contribution in [2.24, 2.45) is 0 Å². The van der Waals surface area contributed by atoms with Crippen LogP contribution in [0.2, 0.25) is 0 Å². The molecule has 1 saturated heterocycles. The first-order valence-corrected chi connectivity index (χ1v) is 14.6. The zero-order valence-corrected chi connectivity index (χ0v) is 23.6. The van der Waals surface area contributed by atoms with Gasteiger partial charge in [0, 0.05) is 6.04 Å². The van der Waals surface area contributed by atoms with Gasteiger partial charge in [-0.2, -0.15) is 4.31 Å². The summed E-state index contributed by atoms with van der Waals surface area (Å²) >= 11 is 0.